The Hall–Kier alpha value is -2.36. The van der Waals surface area contributed by atoms with Gasteiger partial charge < -0.3 is 4.74 Å². The molecule has 1 heterocycles. The molecule has 32 heavy (non-hydrogen) atoms. The first kappa shape index (κ1) is 24.3. The third kappa shape index (κ3) is 5.51. The van der Waals surface area contributed by atoms with E-state index < -0.39 is 0 Å². The molecule has 4 nitrogen and oxygen atoms in total. The van der Waals surface area contributed by atoms with Crippen molar-refractivity contribution in [3.63, 3.8) is 0 Å². The zero-order valence-electron chi connectivity index (χ0n) is 21.1. The van der Waals surface area contributed by atoms with Crippen molar-refractivity contribution in [2.45, 2.75) is 97.8 Å². The molecule has 4 heteroatoms. The number of H-pyrrole nitrogens is 1. The molecule has 3 aromatic rings. The molecule has 2 aromatic carbocycles. The van der Waals surface area contributed by atoms with Crippen LogP contribution in [0.5, 0.6) is 5.75 Å². The Morgan fingerprint density at radius 3 is 2.22 bits per heavy atom. The number of aromatic amines is 1. The summed E-state index contributed by atoms with van der Waals surface area (Å²) in [5.41, 5.74) is 6.63. The average Bonchev–Trinajstić information content (AvgIpc) is 3.20. The van der Waals surface area contributed by atoms with Crippen LogP contribution in [0.3, 0.4) is 0 Å². The minimum absolute atomic E-state index is 0.0271. The predicted octanol–water partition coefficient (Wildman–Crippen LogP) is 7.96. The lowest BCUT2D eigenvalue weighted by Gasteiger charge is -2.33. The molecule has 0 fully saturated rings. The zero-order chi connectivity index (χ0) is 23.4. The monoisotopic (exact) mass is 435 g/mol. The van der Waals surface area contributed by atoms with Crippen molar-refractivity contribution >= 4 is 11.0 Å². The molecule has 0 radical (unpaired) electrons. The van der Waals surface area contributed by atoms with E-state index in [0.717, 1.165) is 40.9 Å². The molecule has 0 amide bonds. The van der Waals surface area contributed by atoms with Crippen LogP contribution >= 0.6 is 0 Å². The Balaban J connectivity index is 2.06. The highest BCUT2D eigenvalue weighted by Crippen LogP contribution is 2.46. The number of rotatable bonds is 9. The Kier molecular flexibility index (Phi) is 7.63. The first-order chi connectivity index (χ1) is 15.1. The van der Waals surface area contributed by atoms with Gasteiger partial charge in [-0.1, -0.05) is 110 Å². The van der Waals surface area contributed by atoms with E-state index in [-0.39, 0.29) is 10.8 Å². The minimum Gasteiger partial charge on any atom is -0.493 e. The quantitative estimate of drug-likeness (QED) is 0.347. The van der Waals surface area contributed by atoms with Gasteiger partial charge in [0.2, 0.25) is 0 Å². The minimum atomic E-state index is -0.0488. The summed E-state index contributed by atoms with van der Waals surface area (Å²) in [6.07, 6.45) is 7.52. The fraction of sp³-hybridized carbons (Fsp3) is 0.571. The first-order valence-corrected chi connectivity index (χ1v) is 12.3. The van der Waals surface area contributed by atoms with E-state index in [2.05, 4.69) is 88.1 Å². The van der Waals surface area contributed by atoms with Crippen LogP contribution in [0.25, 0.3) is 22.2 Å². The van der Waals surface area contributed by atoms with Crippen LogP contribution < -0.4 is 4.74 Å². The van der Waals surface area contributed by atoms with Crippen molar-refractivity contribution in [1.29, 1.82) is 0 Å². The SMILES string of the molecule is CCCCCCCCOc1c(-c2cccc3[nH]nnc23)ccc(C(C)(C)C)c1C(C)(C)C. The largest absolute Gasteiger partial charge is 0.493 e. The van der Waals surface area contributed by atoms with E-state index in [1.807, 2.05) is 6.07 Å². The summed E-state index contributed by atoms with van der Waals surface area (Å²) in [7, 11) is 0. The highest BCUT2D eigenvalue weighted by Gasteiger charge is 2.31. The Labute approximate surface area is 194 Å². The third-order valence-corrected chi connectivity index (χ3v) is 6.11. The number of nitrogens with zero attached hydrogens (tertiary/aromatic N) is 2. The Morgan fingerprint density at radius 1 is 0.812 bits per heavy atom. The highest BCUT2D eigenvalue weighted by molar-refractivity contribution is 5.93. The molecule has 0 aliphatic rings. The van der Waals surface area contributed by atoms with E-state index in [4.69, 9.17) is 4.74 Å². The van der Waals surface area contributed by atoms with Crippen molar-refractivity contribution in [3.8, 4) is 16.9 Å². The lowest BCUT2D eigenvalue weighted by atomic mass is 9.73. The summed E-state index contributed by atoms with van der Waals surface area (Å²) in [4.78, 5) is 0. The normalized spacial score (nSPS) is 12.5. The molecule has 0 atom stereocenters. The van der Waals surface area contributed by atoms with Crippen LogP contribution in [0.15, 0.2) is 30.3 Å². The second kappa shape index (κ2) is 10.1. The number of ether oxygens (including phenoxy) is 1. The maximum Gasteiger partial charge on any atom is 0.131 e. The number of fused-ring (bicyclic) bond motifs is 1. The van der Waals surface area contributed by atoms with Gasteiger partial charge in [0.15, 0.2) is 0 Å². The standard InChI is InChI=1S/C28H41N3O/c1-8-9-10-11-12-13-19-32-26-21(20-15-14-16-23-25(20)30-31-29-23)17-18-22(27(2,3)4)24(26)28(5,6)7/h14-18H,8-13,19H2,1-7H3,(H,29,30,31). The molecule has 0 spiro atoms. The van der Waals surface area contributed by atoms with Crippen molar-refractivity contribution in [3.05, 3.63) is 41.5 Å². The molecule has 1 N–H and O–H groups in total. The summed E-state index contributed by atoms with van der Waals surface area (Å²) in [5, 5.41) is 11.4. The molecular formula is C28H41N3O. The highest BCUT2D eigenvalue weighted by atomic mass is 16.5. The number of nitrogens with one attached hydrogen (secondary N) is 1. The summed E-state index contributed by atoms with van der Waals surface area (Å²) in [5.74, 6) is 1.01. The summed E-state index contributed by atoms with van der Waals surface area (Å²) < 4.78 is 6.66. The van der Waals surface area contributed by atoms with Crippen LogP contribution in [0.2, 0.25) is 0 Å². The lowest BCUT2D eigenvalue weighted by Crippen LogP contribution is -2.23. The topological polar surface area (TPSA) is 50.8 Å². The Bertz CT molecular complexity index is 1020. The van der Waals surface area contributed by atoms with Crippen LogP contribution in [0.1, 0.15) is 98.1 Å². The predicted molar refractivity (Wildman–Crippen MR) is 136 cm³/mol. The lowest BCUT2D eigenvalue weighted by molar-refractivity contribution is 0.296. The van der Waals surface area contributed by atoms with Gasteiger partial charge in [0, 0.05) is 16.7 Å². The van der Waals surface area contributed by atoms with Crippen LogP contribution in [0, 0.1) is 0 Å². The third-order valence-electron chi connectivity index (χ3n) is 6.11. The molecule has 0 aliphatic heterocycles. The molecule has 0 saturated heterocycles. The van der Waals surface area contributed by atoms with Crippen molar-refractivity contribution in [1.82, 2.24) is 15.4 Å². The van der Waals surface area contributed by atoms with Gasteiger partial charge in [-0.3, -0.25) is 5.10 Å². The van der Waals surface area contributed by atoms with Gasteiger partial charge in [0.25, 0.3) is 0 Å². The molecule has 0 bridgehead atoms. The number of benzene rings is 2. The maximum absolute atomic E-state index is 6.66. The Morgan fingerprint density at radius 2 is 1.53 bits per heavy atom. The molecule has 1 aromatic heterocycles. The zero-order valence-corrected chi connectivity index (χ0v) is 21.1. The molecular weight excluding hydrogens is 394 g/mol. The van der Waals surface area contributed by atoms with Gasteiger partial charge in [-0.05, 0) is 28.9 Å². The first-order valence-electron chi connectivity index (χ1n) is 12.3. The van der Waals surface area contributed by atoms with Gasteiger partial charge in [-0.2, -0.15) is 0 Å². The van der Waals surface area contributed by atoms with E-state index >= 15 is 0 Å². The fourth-order valence-electron chi connectivity index (χ4n) is 4.46. The molecule has 174 valence electrons. The van der Waals surface area contributed by atoms with Crippen LogP contribution in [-0.4, -0.2) is 22.0 Å². The number of hydrogen-bond donors (Lipinski definition) is 1. The van der Waals surface area contributed by atoms with E-state index in [1.54, 1.807) is 0 Å². The van der Waals surface area contributed by atoms with Gasteiger partial charge in [0.05, 0.1) is 12.1 Å². The summed E-state index contributed by atoms with van der Waals surface area (Å²) in [6, 6.07) is 10.7. The van der Waals surface area contributed by atoms with E-state index in [0.29, 0.717) is 0 Å². The van der Waals surface area contributed by atoms with Crippen LogP contribution in [-0.2, 0) is 10.8 Å². The van der Waals surface area contributed by atoms with E-state index in [9.17, 15) is 0 Å². The smallest absolute Gasteiger partial charge is 0.131 e. The van der Waals surface area contributed by atoms with Crippen molar-refractivity contribution in [2.75, 3.05) is 6.61 Å². The second-order valence-electron chi connectivity index (χ2n) is 11.0. The summed E-state index contributed by atoms with van der Waals surface area (Å²) >= 11 is 0. The second-order valence-corrected chi connectivity index (χ2v) is 11.0. The van der Waals surface area contributed by atoms with Gasteiger partial charge in [-0.15, -0.1) is 5.10 Å². The summed E-state index contributed by atoms with van der Waals surface area (Å²) in [6.45, 7) is 16.7. The molecule has 0 aliphatic carbocycles. The van der Waals surface area contributed by atoms with Crippen molar-refractivity contribution < 1.29 is 4.74 Å². The average molecular weight is 436 g/mol. The molecule has 3 rings (SSSR count). The number of aromatic nitrogens is 3. The number of unbranched alkanes of at least 4 members (excludes halogenated alkanes) is 5. The fourth-order valence-corrected chi connectivity index (χ4v) is 4.46. The van der Waals surface area contributed by atoms with Gasteiger partial charge in [-0.25, -0.2) is 0 Å². The maximum atomic E-state index is 6.66. The van der Waals surface area contributed by atoms with Gasteiger partial charge >= 0.3 is 0 Å². The number of hydrogen-bond acceptors (Lipinski definition) is 3. The van der Waals surface area contributed by atoms with Crippen LogP contribution in [0.4, 0.5) is 0 Å². The van der Waals surface area contributed by atoms with Gasteiger partial charge in [0.1, 0.15) is 11.3 Å². The molecule has 0 saturated carbocycles. The van der Waals surface area contributed by atoms with Crippen molar-refractivity contribution in [2.24, 2.45) is 0 Å². The molecule has 0 unspecified atom stereocenters. The van der Waals surface area contributed by atoms with E-state index in [1.165, 1.54) is 43.2 Å².